The van der Waals surface area contributed by atoms with Crippen LogP contribution in [0.25, 0.3) is 10.7 Å². The third-order valence-electron chi connectivity index (χ3n) is 7.65. The van der Waals surface area contributed by atoms with Gasteiger partial charge in [0.25, 0.3) is 0 Å². The van der Waals surface area contributed by atoms with Gasteiger partial charge in [0, 0.05) is 6.04 Å². The van der Waals surface area contributed by atoms with E-state index < -0.39 is 5.54 Å². The van der Waals surface area contributed by atoms with Crippen LogP contribution in [0, 0.1) is 35.0 Å². The molecule has 1 N–H and O–H groups in total. The second-order valence-corrected chi connectivity index (χ2v) is 12.2. The Hall–Kier alpha value is -1.85. The fourth-order valence-corrected chi connectivity index (χ4v) is 6.89. The average molecular weight is 472 g/mol. The van der Waals surface area contributed by atoms with Crippen molar-refractivity contribution in [2.24, 2.45) is 23.7 Å². The number of rotatable bonds is 8. The number of nitrogens with one attached hydrogen (secondary N) is 1. The second-order valence-electron chi connectivity index (χ2n) is 9.95. The highest BCUT2D eigenvalue weighted by molar-refractivity contribution is 8.00. The molecule has 0 aromatic carbocycles. The zero-order valence-corrected chi connectivity index (χ0v) is 21.2. The number of carbonyl (C=O) groups excluding carboxylic acids is 1. The zero-order chi connectivity index (χ0) is 23.0. The second kappa shape index (κ2) is 9.18. The molecule has 6 nitrogen and oxygen atoms in total. The van der Waals surface area contributed by atoms with Crippen LogP contribution >= 0.6 is 23.1 Å². The van der Waals surface area contributed by atoms with E-state index in [1.807, 2.05) is 26.8 Å². The van der Waals surface area contributed by atoms with Crippen LogP contribution in [-0.2, 0) is 4.79 Å². The van der Waals surface area contributed by atoms with E-state index in [2.05, 4.69) is 44.5 Å². The van der Waals surface area contributed by atoms with Gasteiger partial charge >= 0.3 is 0 Å². The Balaban J connectivity index is 1.59. The Morgan fingerprint density at radius 3 is 2.66 bits per heavy atom. The first-order chi connectivity index (χ1) is 15.2. The first-order valence-electron chi connectivity index (χ1n) is 11.6. The quantitative estimate of drug-likeness (QED) is 0.511. The minimum atomic E-state index is -0.891. The van der Waals surface area contributed by atoms with Crippen molar-refractivity contribution in [3.8, 4) is 16.8 Å². The molecule has 32 heavy (non-hydrogen) atoms. The third kappa shape index (κ3) is 4.34. The number of carbonyl (C=O) groups is 1. The van der Waals surface area contributed by atoms with Crippen LogP contribution in [0.15, 0.2) is 22.7 Å². The number of aromatic nitrogens is 3. The number of hydrogen-bond acceptors (Lipinski definition) is 6. The van der Waals surface area contributed by atoms with Crippen LogP contribution < -0.4 is 5.32 Å². The Morgan fingerprint density at radius 2 is 2.09 bits per heavy atom. The summed E-state index contributed by atoms with van der Waals surface area (Å²) >= 11 is 3.11. The van der Waals surface area contributed by atoms with E-state index in [-0.39, 0.29) is 23.1 Å². The molecule has 2 bridgehead atoms. The van der Waals surface area contributed by atoms with Crippen LogP contribution in [0.3, 0.4) is 0 Å². The molecular formula is C24H33N5OS2. The van der Waals surface area contributed by atoms with Crippen molar-refractivity contribution in [1.82, 2.24) is 20.1 Å². The molecule has 2 aliphatic rings. The maximum absolute atomic E-state index is 13.0. The molecule has 2 heterocycles. The Bertz CT molecular complexity index is 995. The van der Waals surface area contributed by atoms with Crippen LogP contribution in [-0.4, -0.2) is 31.5 Å². The standard InChI is InChI=1S/C24H33N5OS2/c1-14(2)24(5,13-25)26-22(30)16(4)32-23-28-27-21(20-7-6-10-31-20)29(23)15(3)19-12-17-8-9-18(19)11-17/h6-7,10,14-19H,8-9,11-12H2,1-5H3,(H,26,30). The minimum absolute atomic E-state index is 0.0144. The fraction of sp³-hybridized carbons (Fsp3) is 0.667. The van der Waals surface area contributed by atoms with Gasteiger partial charge in [0.05, 0.1) is 16.2 Å². The highest BCUT2D eigenvalue weighted by Crippen LogP contribution is 2.53. The molecule has 172 valence electrons. The first kappa shape index (κ1) is 23.3. The van der Waals surface area contributed by atoms with Gasteiger partial charge in [-0.3, -0.25) is 9.36 Å². The van der Waals surface area contributed by atoms with Crippen molar-refractivity contribution >= 4 is 29.0 Å². The van der Waals surface area contributed by atoms with Gasteiger partial charge in [0.15, 0.2) is 11.0 Å². The molecule has 6 unspecified atom stereocenters. The van der Waals surface area contributed by atoms with Gasteiger partial charge < -0.3 is 5.32 Å². The molecule has 1 amide bonds. The summed E-state index contributed by atoms with van der Waals surface area (Å²) in [5, 5.41) is 24.1. The summed E-state index contributed by atoms with van der Waals surface area (Å²) < 4.78 is 2.28. The van der Waals surface area contributed by atoms with Crippen LogP contribution in [0.2, 0.25) is 0 Å². The van der Waals surface area contributed by atoms with Crippen molar-refractivity contribution in [1.29, 1.82) is 5.26 Å². The van der Waals surface area contributed by atoms with E-state index in [0.717, 1.165) is 27.7 Å². The lowest BCUT2D eigenvalue weighted by molar-refractivity contribution is -0.121. The maximum atomic E-state index is 13.0. The van der Waals surface area contributed by atoms with Gasteiger partial charge in [-0.05, 0) is 75.2 Å². The molecule has 2 aliphatic carbocycles. The number of hydrogen-bond donors (Lipinski definition) is 1. The largest absolute Gasteiger partial charge is 0.337 e. The van der Waals surface area contributed by atoms with Gasteiger partial charge in [-0.25, -0.2) is 0 Å². The molecule has 2 fully saturated rings. The van der Waals surface area contributed by atoms with Crippen LogP contribution in [0.5, 0.6) is 0 Å². The highest BCUT2D eigenvalue weighted by Gasteiger charge is 2.43. The van der Waals surface area contributed by atoms with E-state index in [4.69, 9.17) is 0 Å². The number of nitrogens with zero attached hydrogens (tertiary/aromatic N) is 4. The number of nitriles is 1. The molecule has 0 radical (unpaired) electrons. The predicted molar refractivity (Wildman–Crippen MR) is 129 cm³/mol. The predicted octanol–water partition coefficient (Wildman–Crippen LogP) is 5.54. The van der Waals surface area contributed by atoms with Crippen LogP contribution in [0.4, 0.5) is 0 Å². The first-order valence-corrected chi connectivity index (χ1v) is 13.4. The Kier molecular flexibility index (Phi) is 6.69. The van der Waals surface area contributed by atoms with Gasteiger partial charge in [-0.2, -0.15) is 5.26 Å². The summed E-state index contributed by atoms with van der Waals surface area (Å²) in [6, 6.07) is 6.67. The third-order valence-corrected chi connectivity index (χ3v) is 9.57. The zero-order valence-electron chi connectivity index (χ0n) is 19.5. The molecule has 2 saturated carbocycles. The summed E-state index contributed by atoms with van der Waals surface area (Å²) in [5.74, 6) is 3.06. The van der Waals surface area contributed by atoms with Crippen molar-refractivity contribution in [3.05, 3.63) is 17.5 Å². The Labute approximate surface area is 199 Å². The summed E-state index contributed by atoms with van der Waals surface area (Å²) in [6.45, 7) is 9.85. The number of thioether (sulfide) groups is 1. The maximum Gasteiger partial charge on any atom is 0.234 e. The summed E-state index contributed by atoms with van der Waals surface area (Å²) in [7, 11) is 0. The molecule has 2 aromatic heterocycles. The SMILES string of the molecule is CC(Sc1nnc(-c2cccs2)n1C(C)C1CC2CCC1C2)C(=O)NC(C)(C#N)C(C)C. The van der Waals surface area contributed by atoms with Gasteiger partial charge in [-0.1, -0.05) is 38.1 Å². The highest BCUT2D eigenvalue weighted by atomic mass is 32.2. The normalized spacial score (nSPS) is 26.0. The molecule has 2 aromatic rings. The summed E-state index contributed by atoms with van der Waals surface area (Å²) in [5.41, 5.74) is -0.891. The average Bonchev–Trinajstić information content (AvgIpc) is 3.56. The van der Waals surface area contributed by atoms with E-state index in [1.165, 1.54) is 37.4 Å². The summed E-state index contributed by atoms with van der Waals surface area (Å²) in [4.78, 5) is 14.1. The minimum Gasteiger partial charge on any atom is -0.337 e. The monoisotopic (exact) mass is 471 g/mol. The lowest BCUT2D eigenvalue weighted by atomic mass is 9.84. The van der Waals surface area contributed by atoms with Crippen LogP contribution in [0.1, 0.15) is 66.3 Å². The smallest absolute Gasteiger partial charge is 0.234 e. The molecule has 0 spiro atoms. The van der Waals surface area contributed by atoms with E-state index >= 15 is 0 Å². The van der Waals surface area contributed by atoms with Gasteiger partial charge in [0.2, 0.25) is 5.91 Å². The van der Waals surface area contributed by atoms with Gasteiger partial charge in [0.1, 0.15) is 5.54 Å². The molecule has 4 rings (SSSR count). The van der Waals surface area contributed by atoms with E-state index in [1.54, 1.807) is 18.3 Å². The fourth-order valence-electron chi connectivity index (χ4n) is 5.25. The topological polar surface area (TPSA) is 83.6 Å². The van der Waals surface area contributed by atoms with Crippen molar-refractivity contribution in [2.75, 3.05) is 0 Å². The lowest BCUT2D eigenvalue weighted by Gasteiger charge is -2.31. The summed E-state index contributed by atoms with van der Waals surface area (Å²) in [6.07, 6.45) is 5.34. The molecule has 0 aliphatic heterocycles. The number of fused-ring (bicyclic) bond motifs is 2. The number of amides is 1. The molecule has 6 atom stereocenters. The number of thiophene rings is 1. The van der Waals surface area contributed by atoms with Crippen molar-refractivity contribution in [3.63, 3.8) is 0 Å². The van der Waals surface area contributed by atoms with Gasteiger partial charge in [-0.15, -0.1) is 21.5 Å². The molecule has 8 heteroatoms. The van der Waals surface area contributed by atoms with Crippen molar-refractivity contribution in [2.45, 2.75) is 82.3 Å². The van der Waals surface area contributed by atoms with Crippen molar-refractivity contribution < 1.29 is 4.79 Å². The molecule has 0 saturated heterocycles. The Morgan fingerprint density at radius 1 is 1.31 bits per heavy atom. The van der Waals surface area contributed by atoms with E-state index in [9.17, 15) is 10.1 Å². The molecular weight excluding hydrogens is 438 g/mol. The van der Waals surface area contributed by atoms with E-state index in [0.29, 0.717) is 5.92 Å². The lowest BCUT2D eigenvalue weighted by Crippen LogP contribution is -2.51.